The van der Waals surface area contributed by atoms with Crippen molar-refractivity contribution < 1.29 is 42.1 Å². The van der Waals surface area contributed by atoms with Crippen LogP contribution in [0.2, 0.25) is 12.1 Å². The first-order chi connectivity index (χ1) is 31.0. The van der Waals surface area contributed by atoms with Gasteiger partial charge in [0.05, 0.1) is 23.5 Å². The molecule has 0 saturated heterocycles. The molecule has 0 spiro atoms. The van der Waals surface area contributed by atoms with Crippen LogP contribution >= 0.6 is 68.8 Å². The predicted molar refractivity (Wildman–Crippen MR) is 281 cm³/mol. The van der Waals surface area contributed by atoms with Crippen molar-refractivity contribution >= 4 is 129 Å². The summed E-state index contributed by atoms with van der Waals surface area (Å²) >= 11 is 10.3. The number of hydrogen-bond acceptors (Lipinski definition) is 10. The van der Waals surface area contributed by atoms with Crippen LogP contribution in [0.15, 0.2) is 84.9 Å². The zero-order chi connectivity index (χ0) is 42.7. The second kappa shape index (κ2) is 20.2. The van der Waals surface area contributed by atoms with Crippen LogP contribution < -0.4 is 10.4 Å². The molecule has 0 saturated carbocycles. The van der Waals surface area contributed by atoms with Gasteiger partial charge in [-0.1, -0.05) is 151 Å². The maximum Gasteiger partial charge on any atom is 0.122 e. The normalized spacial score (nSPS) is 13.9. The quantitative estimate of drug-likeness (QED) is 0.0715. The van der Waals surface area contributed by atoms with Gasteiger partial charge in [-0.25, -0.2) is 8.75 Å². The van der Waals surface area contributed by atoms with Crippen LogP contribution in [0.1, 0.15) is 79.1 Å². The van der Waals surface area contributed by atoms with Gasteiger partial charge in [0.2, 0.25) is 0 Å². The number of benzene rings is 4. The van der Waals surface area contributed by atoms with E-state index in [4.69, 9.17) is 17.5 Å². The Kier molecular flexibility index (Phi) is 14.7. The first-order valence-corrected chi connectivity index (χ1v) is 29.8. The number of fused-ring (bicyclic) bond motifs is 7. The van der Waals surface area contributed by atoms with Crippen LogP contribution in [0.3, 0.4) is 0 Å². The minimum absolute atomic E-state index is 0. The predicted octanol–water partition coefficient (Wildman–Crippen LogP) is 16.5. The summed E-state index contributed by atoms with van der Waals surface area (Å²) in [6.07, 6.45) is 10.2. The first-order valence-electron chi connectivity index (χ1n) is 22.6. The van der Waals surface area contributed by atoms with E-state index in [0.29, 0.717) is 11.8 Å². The Labute approximate surface area is 436 Å². The zero-order valence-electron chi connectivity index (χ0n) is 36.9. The van der Waals surface area contributed by atoms with Crippen LogP contribution in [-0.2, 0) is 42.1 Å². The molecule has 7 heterocycles. The fourth-order valence-electron chi connectivity index (χ4n) is 10.2. The van der Waals surface area contributed by atoms with E-state index < -0.39 is 8.07 Å². The van der Waals surface area contributed by atoms with Gasteiger partial charge in [-0.05, 0) is 76.7 Å². The molecule has 4 aromatic carbocycles. The number of unbranched alkanes of at least 4 members (excludes halogenated alkanes) is 2. The zero-order valence-corrected chi connectivity index (χ0v) is 48.6. The third-order valence-electron chi connectivity index (χ3n) is 13.6. The minimum Gasteiger partial charge on any atom is -0.224 e. The topological polar surface area (TPSA) is 51.6 Å². The molecule has 0 radical (unpaired) electrons. The molecule has 6 aromatic heterocycles. The second-order valence-electron chi connectivity index (χ2n) is 17.4. The molecular formula is C52H48N4S6SiW2-2. The van der Waals surface area contributed by atoms with Gasteiger partial charge in [0.15, 0.2) is 0 Å². The summed E-state index contributed by atoms with van der Waals surface area (Å²) in [5.74, 6) is 1.41. The molecule has 0 N–H and O–H groups in total. The van der Waals surface area contributed by atoms with Crippen molar-refractivity contribution in [1.29, 1.82) is 0 Å². The van der Waals surface area contributed by atoms with Gasteiger partial charge in [-0.3, -0.25) is 0 Å². The van der Waals surface area contributed by atoms with E-state index in [1.165, 1.54) is 147 Å². The van der Waals surface area contributed by atoms with Crippen molar-refractivity contribution in [2.24, 2.45) is 11.8 Å². The third kappa shape index (κ3) is 8.54. The van der Waals surface area contributed by atoms with E-state index in [2.05, 4.69) is 125 Å². The summed E-state index contributed by atoms with van der Waals surface area (Å²) in [6, 6.07) is 41.7. The molecule has 13 heteroatoms. The van der Waals surface area contributed by atoms with Gasteiger partial charge in [0.1, 0.15) is 8.07 Å². The Balaban J connectivity index is 0.00000266. The number of hydrogen-bond donors (Lipinski definition) is 0. The minimum atomic E-state index is -2.30. The number of rotatable bonds is 16. The van der Waals surface area contributed by atoms with Crippen molar-refractivity contribution in [1.82, 2.24) is 17.5 Å². The van der Waals surface area contributed by atoms with Crippen LogP contribution in [-0.4, -0.2) is 25.6 Å². The Morgan fingerprint density at radius 3 is 1.37 bits per heavy atom. The van der Waals surface area contributed by atoms with E-state index in [1.54, 1.807) is 10.4 Å². The Bertz CT molecular complexity index is 2980. The third-order valence-corrected chi connectivity index (χ3v) is 25.2. The molecule has 0 fully saturated rings. The SMILES string of the molecule is CCCCC(CC)C[Si]1(CC(CC)CCCC)c2cc(-c3c[c-]c(-c4cc5ccccc5s4)c4nsnc34)sc2-c2sc(-c3c[c-]c(-c4cc5ccccc5s4)c4nsnc34)cc21.[W].[W]. The molecule has 0 amide bonds. The van der Waals surface area contributed by atoms with Gasteiger partial charge in [0, 0.05) is 83.4 Å². The summed E-state index contributed by atoms with van der Waals surface area (Å²) in [6.45, 7) is 9.61. The maximum absolute atomic E-state index is 5.02. The molecular weight excluding hydrogens is 1270 g/mol. The Morgan fingerprint density at radius 2 is 0.954 bits per heavy atom. The van der Waals surface area contributed by atoms with Gasteiger partial charge in [-0.15, -0.1) is 58.1 Å². The van der Waals surface area contributed by atoms with Crippen LogP contribution in [0.4, 0.5) is 0 Å². The number of thiophene rings is 4. The average molecular weight is 1320 g/mol. The van der Waals surface area contributed by atoms with Gasteiger partial charge in [0.25, 0.3) is 0 Å². The summed E-state index contributed by atoms with van der Waals surface area (Å²) in [7, 11) is -2.30. The Morgan fingerprint density at radius 1 is 0.523 bits per heavy atom. The largest absolute Gasteiger partial charge is 0.224 e. The Hall–Kier alpha value is -2.57. The molecule has 2 unspecified atom stereocenters. The summed E-state index contributed by atoms with van der Waals surface area (Å²) in [5.41, 5.74) is 8.39. The van der Waals surface area contributed by atoms with Crippen molar-refractivity contribution in [3.8, 4) is 51.5 Å². The maximum atomic E-state index is 5.02. The van der Waals surface area contributed by atoms with Gasteiger partial charge >= 0.3 is 0 Å². The van der Waals surface area contributed by atoms with Gasteiger partial charge < -0.3 is 0 Å². The van der Waals surface area contributed by atoms with E-state index in [0.717, 1.165) is 33.2 Å². The first kappa shape index (κ1) is 47.5. The van der Waals surface area contributed by atoms with Crippen LogP contribution in [0.5, 0.6) is 0 Å². The molecule has 4 nitrogen and oxygen atoms in total. The molecule has 0 bridgehead atoms. The van der Waals surface area contributed by atoms with E-state index in [9.17, 15) is 0 Å². The fraction of sp³-hybridized carbons (Fsp3) is 0.308. The summed E-state index contributed by atoms with van der Waals surface area (Å²) in [5, 5.41) is 5.88. The molecule has 2 atom stereocenters. The molecule has 0 aliphatic carbocycles. The summed E-state index contributed by atoms with van der Waals surface area (Å²) < 4.78 is 22.5. The second-order valence-corrected chi connectivity index (χ2v) is 26.8. The van der Waals surface area contributed by atoms with Gasteiger partial charge in [-0.2, -0.15) is 31.4 Å². The van der Waals surface area contributed by atoms with Crippen molar-refractivity contribution in [2.75, 3.05) is 0 Å². The molecule has 65 heavy (non-hydrogen) atoms. The van der Waals surface area contributed by atoms with E-state index in [-0.39, 0.29) is 42.1 Å². The molecule has 1 aliphatic heterocycles. The van der Waals surface area contributed by atoms with Crippen LogP contribution in [0, 0.1) is 24.0 Å². The van der Waals surface area contributed by atoms with Crippen molar-refractivity contribution in [3.63, 3.8) is 0 Å². The summed E-state index contributed by atoms with van der Waals surface area (Å²) in [4.78, 5) is 8.02. The van der Waals surface area contributed by atoms with Crippen molar-refractivity contribution in [3.05, 3.63) is 97.1 Å². The smallest absolute Gasteiger partial charge is 0.122 e. The molecule has 11 rings (SSSR count). The average Bonchev–Trinajstić information content (AvgIpc) is 4.17. The van der Waals surface area contributed by atoms with E-state index >= 15 is 0 Å². The molecule has 330 valence electrons. The number of aromatic nitrogens is 4. The fourth-order valence-corrected chi connectivity index (χ4v) is 23.9. The number of nitrogens with zero attached hydrogens (tertiary/aromatic N) is 4. The standard InChI is InChI=1S/C52H48N4S6Si.2W/c1-5-9-15-31(7-3)29-63(30-32(8-4)16-10-6-2)45-27-43(37-23-21-35(47-49(37)55-61-53-47)41-25-33-17-11-13-19-39(33)57-41)59-51(45)52-46(63)28-44(60-52)38-24-22-36(48-50(38)56-62-54-48)42-26-34-18-12-14-20-40(34)58-42;;/h11-14,17-20,23-28,31-32H,5-10,15-16,29-30H2,1-4H3;;/q-2;;. The van der Waals surface area contributed by atoms with Crippen LogP contribution in [0.25, 0.3) is 93.8 Å². The van der Waals surface area contributed by atoms with E-state index in [1.807, 2.05) is 45.3 Å². The molecule has 1 aliphatic rings. The van der Waals surface area contributed by atoms with Crippen molar-refractivity contribution in [2.45, 2.75) is 91.1 Å². The molecule has 10 aromatic rings. The monoisotopic (exact) mass is 1320 g/mol.